The number of nitrogens with zero attached hydrogens (tertiary/aromatic N) is 3. The molecule has 1 fully saturated rings. The van der Waals surface area contributed by atoms with Crippen LogP contribution in [0, 0.1) is 16.4 Å². The molecule has 1 saturated heterocycles. The van der Waals surface area contributed by atoms with Crippen molar-refractivity contribution in [2.75, 3.05) is 18.4 Å². The molecule has 6 nitrogen and oxygen atoms in total. The number of halogens is 1. The lowest BCUT2D eigenvalue weighted by Crippen LogP contribution is -2.40. The summed E-state index contributed by atoms with van der Waals surface area (Å²) in [7, 11) is 0. The summed E-state index contributed by atoms with van der Waals surface area (Å²) in [4.78, 5) is 19.4. The normalized spacial score (nSPS) is 17.2. The molecule has 1 aliphatic heterocycles. The Balaban J connectivity index is 1.36. The van der Waals surface area contributed by atoms with Crippen molar-refractivity contribution in [1.82, 2.24) is 15.0 Å². The van der Waals surface area contributed by atoms with Gasteiger partial charge in [0, 0.05) is 21.4 Å². The molecule has 1 unspecified atom stereocenters. The third-order valence-electron chi connectivity index (χ3n) is 5.09. The quantitative estimate of drug-likeness (QED) is 0.521. The topological polar surface area (TPSA) is 71.3 Å². The minimum absolute atomic E-state index is 0.0396. The van der Waals surface area contributed by atoms with E-state index in [2.05, 4.69) is 42.9 Å². The smallest absolute Gasteiger partial charge is 0.241 e. The second-order valence-corrected chi connectivity index (χ2v) is 8.70. The Kier molecular flexibility index (Phi) is 6.25. The number of aryl methyl sites for hydroxylation is 1. The van der Waals surface area contributed by atoms with E-state index in [9.17, 15) is 4.79 Å². The van der Waals surface area contributed by atoms with Crippen LogP contribution < -0.4 is 5.32 Å². The molecule has 7 heteroatoms. The highest BCUT2D eigenvalue weighted by atomic mass is 127. The number of carbonyl (C=O) groups excluding carboxylic acids is 1. The van der Waals surface area contributed by atoms with Crippen LogP contribution in [0.15, 0.2) is 53.1 Å². The number of aromatic nitrogens is 2. The van der Waals surface area contributed by atoms with Crippen LogP contribution in [0.3, 0.4) is 0 Å². The van der Waals surface area contributed by atoms with Crippen molar-refractivity contribution < 1.29 is 9.32 Å². The van der Waals surface area contributed by atoms with E-state index in [1.165, 1.54) is 0 Å². The van der Waals surface area contributed by atoms with Crippen LogP contribution in [0.2, 0.25) is 0 Å². The summed E-state index contributed by atoms with van der Waals surface area (Å²) in [6, 6.07) is 15.9. The molecule has 1 aliphatic rings. The molecule has 3 aromatic rings. The van der Waals surface area contributed by atoms with Gasteiger partial charge in [-0.05, 0) is 79.2 Å². The molecule has 4 rings (SSSR count). The fourth-order valence-corrected chi connectivity index (χ4v) is 3.96. The molecule has 0 spiro atoms. The third kappa shape index (κ3) is 5.22. The zero-order valence-electron chi connectivity index (χ0n) is 16.3. The number of rotatable bonds is 5. The fraction of sp³-hybridized carbons (Fsp3) is 0.318. The Morgan fingerprint density at radius 3 is 2.90 bits per heavy atom. The summed E-state index contributed by atoms with van der Waals surface area (Å²) in [5, 5.41) is 7.15. The van der Waals surface area contributed by atoms with Crippen LogP contribution in [-0.4, -0.2) is 34.0 Å². The van der Waals surface area contributed by atoms with E-state index in [1.54, 1.807) is 0 Å². The molecule has 1 N–H and O–H groups in total. The maximum atomic E-state index is 12.7. The second kappa shape index (κ2) is 9.04. The molecule has 1 amide bonds. The summed E-state index contributed by atoms with van der Waals surface area (Å²) in [5.41, 5.74) is 2.95. The average Bonchev–Trinajstić information content (AvgIpc) is 3.18. The monoisotopic (exact) mass is 502 g/mol. The lowest BCUT2D eigenvalue weighted by Gasteiger charge is -2.30. The van der Waals surface area contributed by atoms with Crippen molar-refractivity contribution in [3.05, 3.63) is 63.6 Å². The zero-order valence-corrected chi connectivity index (χ0v) is 18.4. The molecule has 1 aromatic heterocycles. The van der Waals surface area contributed by atoms with Gasteiger partial charge in [-0.15, -0.1) is 0 Å². The maximum absolute atomic E-state index is 12.7. The largest absolute Gasteiger partial charge is 0.338 e. The van der Waals surface area contributed by atoms with Crippen molar-refractivity contribution in [3.8, 4) is 11.4 Å². The standard InChI is InChI=1S/C22H23IN4O2/c1-15-4-2-5-16(12-15)21-25-20(29-26-21)14-27-11-3-6-17(13-27)22(28)24-19-9-7-18(23)8-10-19/h2,4-5,7-10,12,17H,3,6,11,13-14H2,1H3,(H,24,28). The van der Waals surface area contributed by atoms with E-state index in [0.29, 0.717) is 24.8 Å². The Morgan fingerprint density at radius 2 is 2.10 bits per heavy atom. The molecule has 0 aliphatic carbocycles. The van der Waals surface area contributed by atoms with Crippen LogP contribution >= 0.6 is 22.6 Å². The van der Waals surface area contributed by atoms with Gasteiger partial charge in [-0.2, -0.15) is 4.98 Å². The van der Waals surface area contributed by atoms with E-state index < -0.39 is 0 Å². The van der Waals surface area contributed by atoms with Crippen LogP contribution in [0.1, 0.15) is 24.3 Å². The predicted molar refractivity (Wildman–Crippen MR) is 120 cm³/mol. The van der Waals surface area contributed by atoms with E-state index >= 15 is 0 Å². The van der Waals surface area contributed by atoms with Gasteiger partial charge < -0.3 is 9.84 Å². The first kappa shape index (κ1) is 20.0. The highest BCUT2D eigenvalue weighted by Crippen LogP contribution is 2.22. The number of anilines is 1. The Hall–Kier alpha value is -2.26. The Bertz CT molecular complexity index is 986. The third-order valence-corrected chi connectivity index (χ3v) is 5.81. The van der Waals surface area contributed by atoms with E-state index in [0.717, 1.165) is 39.8 Å². The summed E-state index contributed by atoms with van der Waals surface area (Å²) >= 11 is 2.25. The highest BCUT2D eigenvalue weighted by Gasteiger charge is 2.27. The van der Waals surface area contributed by atoms with Gasteiger partial charge in [0.05, 0.1) is 12.5 Å². The van der Waals surface area contributed by atoms with Gasteiger partial charge in [-0.25, -0.2) is 0 Å². The number of amides is 1. The second-order valence-electron chi connectivity index (χ2n) is 7.45. The van der Waals surface area contributed by atoms with Gasteiger partial charge in [0.2, 0.25) is 17.6 Å². The van der Waals surface area contributed by atoms with E-state index in [4.69, 9.17) is 4.52 Å². The van der Waals surface area contributed by atoms with E-state index in [-0.39, 0.29) is 11.8 Å². The molecule has 29 heavy (non-hydrogen) atoms. The molecule has 2 aromatic carbocycles. The van der Waals surface area contributed by atoms with Gasteiger partial charge >= 0.3 is 0 Å². The lowest BCUT2D eigenvalue weighted by atomic mass is 9.97. The predicted octanol–water partition coefficient (Wildman–Crippen LogP) is 4.50. The maximum Gasteiger partial charge on any atom is 0.241 e. The summed E-state index contributed by atoms with van der Waals surface area (Å²) in [6.45, 7) is 4.22. The van der Waals surface area contributed by atoms with Gasteiger partial charge in [0.1, 0.15) is 0 Å². The number of benzene rings is 2. The minimum Gasteiger partial charge on any atom is -0.338 e. The first-order valence-electron chi connectivity index (χ1n) is 9.75. The van der Waals surface area contributed by atoms with Gasteiger partial charge in [-0.3, -0.25) is 9.69 Å². The summed E-state index contributed by atoms with van der Waals surface area (Å²) in [5.74, 6) is 1.22. The molecule has 0 saturated carbocycles. The number of piperidine rings is 1. The van der Waals surface area contributed by atoms with Crippen molar-refractivity contribution in [3.63, 3.8) is 0 Å². The van der Waals surface area contributed by atoms with Gasteiger partial charge in [0.15, 0.2) is 0 Å². The molecule has 0 radical (unpaired) electrons. The first-order valence-corrected chi connectivity index (χ1v) is 10.8. The average molecular weight is 502 g/mol. The summed E-state index contributed by atoms with van der Waals surface area (Å²) in [6.07, 6.45) is 1.87. The van der Waals surface area contributed by atoms with Crippen LogP contribution in [-0.2, 0) is 11.3 Å². The minimum atomic E-state index is -0.0396. The molecule has 150 valence electrons. The van der Waals surface area contributed by atoms with Crippen molar-refractivity contribution in [2.45, 2.75) is 26.3 Å². The molecular formula is C22H23IN4O2. The van der Waals surface area contributed by atoms with Crippen molar-refractivity contribution >= 4 is 34.2 Å². The lowest BCUT2D eigenvalue weighted by molar-refractivity contribution is -0.121. The Labute approximate surface area is 183 Å². The number of carbonyl (C=O) groups is 1. The van der Waals surface area contributed by atoms with Gasteiger partial charge in [-0.1, -0.05) is 28.9 Å². The molecule has 2 heterocycles. The molecule has 0 bridgehead atoms. The van der Waals surface area contributed by atoms with Crippen LogP contribution in [0.4, 0.5) is 5.69 Å². The van der Waals surface area contributed by atoms with Crippen molar-refractivity contribution in [1.29, 1.82) is 0 Å². The molecule has 1 atom stereocenters. The summed E-state index contributed by atoms with van der Waals surface area (Å²) < 4.78 is 6.61. The highest BCUT2D eigenvalue weighted by molar-refractivity contribution is 14.1. The van der Waals surface area contributed by atoms with E-state index in [1.807, 2.05) is 55.5 Å². The number of nitrogens with one attached hydrogen (secondary N) is 1. The number of hydrogen-bond donors (Lipinski definition) is 1. The van der Waals surface area contributed by atoms with Crippen molar-refractivity contribution in [2.24, 2.45) is 5.92 Å². The van der Waals surface area contributed by atoms with Crippen LogP contribution in [0.25, 0.3) is 11.4 Å². The Morgan fingerprint density at radius 1 is 1.28 bits per heavy atom. The zero-order chi connectivity index (χ0) is 20.2. The number of hydrogen-bond acceptors (Lipinski definition) is 5. The van der Waals surface area contributed by atoms with Gasteiger partial charge in [0.25, 0.3) is 0 Å². The SMILES string of the molecule is Cc1cccc(-c2noc(CN3CCCC(C(=O)Nc4ccc(I)cc4)C3)n2)c1. The van der Waals surface area contributed by atoms with Crippen LogP contribution in [0.5, 0.6) is 0 Å². The fourth-order valence-electron chi connectivity index (χ4n) is 3.60. The number of likely N-dealkylation sites (tertiary alicyclic amines) is 1. The molecular weight excluding hydrogens is 479 g/mol. The first-order chi connectivity index (χ1) is 14.1.